The van der Waals surface area contributed by atoms with Crippen molar-refractivity contribution in [1.82, 2.24) is 4.90 Å². The van der Waals surface area contributed by atoms with Gasteiger partial charge in [-0.3, -0.25) is 4.79 Å². The number of carbonyl (C=O) groups excluding carboxylic acids is 1. The summed E-state index contributed by atoms with van der Waals surface area (Å²) in [6.07, 6.45) is 0.183. The third-order valence-corrected chi connectivity index (χ3v) is 5.03. The summed E-state index contributed by atoms with van der Waals surface area (Å²) in [5, 5.41) is 1.09. The first-order valence-corrected chi connectivity index (χ1v) is 9.07. The Hall–Kier alpha value is -2.11. The van der Waals surface area contributed by atoms with Crippen LogP contribution >= 0.6 is 23.2 Å². The second-order valence-corrected chi connectivity index (χ2v) is 6.90. The van der Waals surface area contributed by atoms with Gasteiger partial charge in [-0.1, -0.05) is 29.3 Å². The molecule has 2 aromatic rings. The highest BCUT2D eigenvalue weighted by Gasteiger charge is 2.21. The maximum atomic E-state index is 12.8. The summed E-state index contributed by atoms with van der Waals surface area (Å²) in [6, 6.07) is 8.60. The van der Waals surface area contributed by atoms with Gasteiger partial charge in [0.1, 0.15) is 0 Å². The van der Waals surface area contributed by atoms with Crippen molar-refractivity contribution in [2.75, 3.05) is 28.4 Å². The molecule has 27 heavy (non-hydrogen) atoms. The molecule has 1 atom stereocenters. The van der Waals surface area contributed by atoms with Gasteiger partial charge in [-0.05, 0) is 42.3 Å². The fraction of sp³-hybridized carbons (Fsp3) is 0.350. The fourth-order valence-corrected chi connectivity index (χ4v) is 3.37. The Kier molecular flexibility index (Phi) is 7.22. The first-order chi connectivity index (χ1) is 12.8. The molecule has 0 aromatic heterocycles. The first kappa shape index (κ1) is 21.2. The van der Waals surface area contributed by atoms with E-state index in [1.807, 2.05) is 13.0 Å². The van der Waals surface area contributed by atoms with E-state index in [1.54, 1.807) is 50.4 Å². The summed E-state index contributed by atoms with van der Waals surface area (Å²) >= 11 is 12.2. The van der Waals surface area contributed by atoms with Crippen LogP contribution in [-0.4, -0.2) is 39.2 Å². The van der Waals surface area contributed by atoms with Crippen LogP contribution in [0.3, 0.4) is 0 Å². The van der Waals surface area contributed by atoms with E-state index >= 15 is 0 Å². The molecule has 1 amide bonds. The van der Waals surface area contributed by atoms with Crippen LogP contribution in [0.4, 0.5) is 0 Å². The van der Waals surface area contributed by atoms with E-state index in [0.717, 1.165) is 11.1 Å². The summed E-state index contributed by atoms with van der Waals surface area (Å²) in [5.41, 5.74) is 1.59. The molecule has 0 heterocycles. The van der Waals surface area contributed by atoms with E-state index in [0.29, 0.717) is 27.3 Å². The van der Waals surface area contributed by atoms with Gasteiger partial charge in [-0.2, -0.15) is 0 Å². The minimum atomic E-state index is -0.204. The van der Waals surface area contributed by atoms with Crippen LogP contribution in [-0.2, 0) is 11.2 Å². The second kappa shape index (κ2) is 9.20. The van der Waals surface area contributed by atoms with Gasteiger partial charge in [-0.25, -0.2) is 0 Å². The number of methoxy groups -OCH3 is 3. The molecule has 2 aromatic carbocycles. The number of hydrogen-bond acceptors (Lipinski definition) is 4. The molecular formula is C20H23Cl2NO4. The third kappa shape index (κ3) is 4.79. The van der Waals surface area contributed by atoms with Crippen molar-refractivity contribution in [2.24, 2.45) is 0 Å². The largest absolute Gasteiger partial charge is 0.493 e. The molecule has 146 valence electrons. The van der Waals surface area contributed by atoms with Gasteiger partial charge < -0.3 is 19.1 Å². The normalized spacial score (nSPS) is 11.7. The molecule has 0 saturated heterocycles. The fourth-order valence-electron chi connectivity index (χ4n) is 2.80. The lowest BCUT2D eigenvalue weighted by atomic mass is 10.1. The van der Waals surface area contributed by atoms with Gasteiger partial charge >= 0.3 is 0 Å². The van der Waals surface area contributed by atoms with Crippen LogP contribution in [0.2, 0.25) is 10.0 Å². The van der Waals surface area contributed by atoms with Crippen molar-refractivity contribution < 1.29 is 19.0 Å². The zero-order valence-corrected chi connectivity index (χ0v) is 17.5. The predicted molar refractivity (Wildman–Crippen MR) is 107 cm³/mol. The van der Waals surface area contributed by atoms with Crippen molar-refractivity contribution >= 4 is 29.1 Å². The molecule has 5 nitrogen and oxygen atoms in total. The molecule has 0 aliphatic heterocycles. The maximum Gasteiger partial charge on any atom is 0.227 e. The molecular weight excluding hydrogens is 389 g/mol. The number of hydrogen-bond donors (Lipinski definition) is 0. The van der Waals surface area contributed by atoms with E-state index in [2.05, 4.69) is 0 Å². The Labute approximate surface area is 169 Å². The Balaban J connectivity index is 2.23. The van der Waals surface area contributed by atoms with E-state index in [9.17, 15) is 4.79 Å². The third-order valence-electron chi connectivity index (χ3n) is 4.47. The molecule has 0 spiro atoms. The number of rotatable bonds is 7. The summed E-state index contributed by atoms with van der Waals surface area (Å²) in [7, 11) is 6.37. The first-order valence-electron chi connectivity index (χ1n) is 8.31. The highest BCUT2D eigenvalue weighted by molar-refractivity contribution is 6.35. The van der Waals surface area contributed by atoms with Crippen LogP contribution < -0.4 is 14.2 Å². The quantitative estimate of drug-likeness (QED) is 0.657. The summed E-state index contributed by atoms with van der Waals surface area (Å²) in [6.45, 7) is 1.92. The summed E-state index contributed by atoms with van der Waals surface area (Å²) in [5.74, 6) is 1.45. The second-order valence-electron chi connectivity index (χ2n) is 6.06. The highest BCUT2D eigenvalue weighted by atomic mass is 35.5. The Morgan fingerprint density at radius 2 is 1.63 bits per heavy atom. The lowest BCUT2D eigenvalue weighted by Gasteiger charge is -2.26. The molecule has 0 aliphatic rings. The molecule has 0 N–H and O–H groups in total. The van der Waals surface area contributed by atoms with Crippen molar-refractivity contribution in [2.45, 2.75) is 19.4 Å². The number of nitrogens with zero attached hydrogens (tertiary/aromatic N) is 1. The lowest BCUT2D eigenvalue weighted by molar-refractivity contribution is -0.131. The number of benzene rings is 2. The van der Waals surface area contributed by atoms with Gasteiger partial charge in [0.25, 0.3) is 0 Å². The smallest absolute Gasteiger partial charge is 0.227 e. The molecule has 0 saturated carbocycles. The number of halogens is 2. The maximum absolute atomic E-state index is 12.8. The minimum Gasteiger partial charge on any atom is -0.493 e. The van der Waals surface area contributed by atoms with E-state index in [4.69, 9.17) is 37.4 Å². The van der Waals surface area contributed by atoms with Crippen LogP contribution in [0, 0.1) is 0 Å². The number of amides is 1. The van der Waals surface area contributed by atoms with Crippen molar-refractivity contribution in [1.29, 1.82) is 0 Å². The molecule has 0 fully saturated rings. The molecule has 0 aliphatic carbocycles. The Morgan fingerprint density at radius 3 is 2.11 bits per heavy atom. The number of ether oxygens (including phenoxy) is 3. The Bertz CT molecular complexity index is 801. The van der Waals surface area contributed by atoms with Gasteiger partial charge in [-0.15, -0.1) is 0 Å². The highest BCUT2D eigenvalue weighted by Crippen LogP contribution is 2.38. The SMILES string of the molecule is COc1cc(CC(=O)N(C)[C@H](C)c2ccc(Cl)cc2Cl)cc(OC)c1OC. The zero-order valence-electron chi connectivity index (χ0n) is 16.0. The average molecular weight is 412 g/mol. The van der Waals surface area contributed by atoms with E-state index < -0.39 is 0 Å². The van der Waals surface area contributed by atoms with Gasteiger partial charge in [0.2, 0.25) is 11.7 Å². The molecule has 0 radical (unpaired) electrons. The van der Waals surface area contributed by atoms with E-state index in [-0.39, 0.29) is 18.4 Å². The monoisotopic (exact) mass is 411 g/mol. The number of likely N-dealkylation sites (N-methyl/N-ethyl adjacent to an activating group) is 1. The van der Waals surface area contributed by atoms with Crippen LogP contribution in [0.1, 0.15) is 24.1 Å². The minimum absolute atomic E-state index is 0.0669. The average Bonchev–Trinajstić information content (AvgIpc) is 2.65. The van der Waals surface area contributed by atoms with Crippen LogP contribution in [0.5, 0.6) is 17.2 Å². The standard InChI is InChI=1S/C20H23Cl2NO4/c1-12(15-7-6-14(21)11-16(15)22)23(2)19(24)10-13-8-17(25-3)20(27-5)18(9-13)26-4/h6-9,11-12H,10H2,1-5H3/t12-/m1/s1. The number of carbonyl (C=O) groups is 1. The van der Waals surface area contributed by atoms with Crippen LogP contribution in [0.25, 0.3) is 0 Å². The van der Waals surface area contributed by atoms with Gasteiger partial charge in [0, 0.05) is 17.1 Å². The lowest BCUT2D eigenvalue weighted by Crippen LogP contribution is -2.31. The Morgan fingerprint density at radius 1 is 1.04 bits per heavy atom. The van der Waals surface area contributed by atoms with E-state index in [1.165, 1.54) is 7.11 Å². The summed E-state index contributed by atoms with van der Waals surface area (Å²) < 4.78 is 16.0. The van der Waals surface area contributed by atoms with Crippen LogP contribution in [0.15, 0.2) is 30.3 Å². The summed E-state index contributed by atoms with van der Waals surface area (Å²) in [4.78, 5) is 14.5. The predicted octanol–water partition coefficient (Wildman–Crippen LogP) is 4.78. The topological polar surface area (TPSA) is 48.0 Å². The van der Waals surface area contributed by atoms with Crippen molar-refractivity contribution in [3.63, 3.8) is 0 Å². The van der Waals surface area contributed by atoms with Gasteiger partial charge in [0.05, 0.1) is 33.8 Å². The van der Waals surface area contributed by atoms with Crippen molar-refractivity contribution in [3.8, 4) is 17.2 Å². The molecule has 7 heteroatoms. The molecule has 0 bridgehead atoms. The van der Waals surface area contributed by atoms with Crippen molar-refractivity contribution in [3.05, 3.63) is 51.5 Å². The molecule has 2 rings (SSSR count). The van der Waals surface area contributed by atoms with Gasteiger partial charge in [0.15, 0.2) is 11.5 Å². The molecule has 0 unspecified atom stereocenters. The zero-order chi connectivity index (χ0) is 20.1.